The first-order valence-electron chi connectivity index (χ1n) is 6.94. The van der Waals surface area contributed by atoms with Crippen LogP contribution >= 0.6 is 0 Å². The second-order valence-electron chi connectivity index (χ2n) is 5.58. The lowest BCUT2D eigenvalue weighted by Crippen LogP contribution is -2.30. The zero-order valence-corrected chi connectivity index (χ0v) is 12.6. The van der Waals surface area contributed by atoms with Crippen LogP contribution < -0.4 is 10.6 Å². The third kappa shape index (κ3) is 3.70. The predicted molar refractivity (Wildman–Crippen MR) is 84.5 cm³/mol. The van der Waals surface area contributed by atoms with Gasteiger partial charge in [0, 0.05) is 23.0 Å². The zero-order valence-electron chi connectivity index (χ0n) is 12.6. The predicted octanol–water partition coefficient (Wildman–Crippen LogP) is 4.13. The summed E-state index contributed by atoms with van der Waals surface area (Å²) in [7, 11) is 0. The second-order valence-corrected chi connectivity index (χ2v) is 5.58. The van der Waals surface area contributed by atoms with Crippen molar-refractivity contribution in [3.8, 4) is 0 Å². The maximum atomic E-state index is 4.57. The third-order valence-electron chi connectivity index (χ3n) is 3.34. The van der Waals surface area contributed by atoms with E-state index in [0.717, 1.165) is 23.5 Å². The van der Waals surface area contributed by atoms with E-state index in [2.05, 4.69) is 41.4 Å². The van der Waals surface area contributed by atoms with Gasteiger partial charge in [-0.1, -0.05) is 25.1 Å². The number of aryl methyl sites for hydroxylation is 1. The van der Waals surface area contributed by atoms with Crippen molar-refractivity contribution in [3.63, 3.8) is 0 Å². The van der Waals surface area contributed by atoms with Crippen LogP contribution in [0.1, 0.15) is 32.8 Å². The number of rotatable bonds is 5. The molecule has 0 aliphatic heterocycles. The maximum Gasteiger partial charge on any atom is 0.225 e. The first-order valence-corrected chi connectivity index (χ1v) is 6.94. The molecule has 0 bridgehead atoms. The van der Waals surface area contributed by atoms with Crippen molar-refractivity contribution in [1.82, 2.24) is 9.97 Å². The fourth-order valence-corrected chi connectivity index (χ4v) is 1.68. The third-order valence-corrected chi connectivity index (χ3v) is 3.34. The van der Waals surface area contributed by atoms with E-state index in [1.165, 1.54) is 0 Å². The number of benzene rings is 1. The summed E-state index contributed by atoms with van der Waals surface area (Å²) in [5, 5.41) is 6.68. The van der Waals surface area contributed by atoms with Gasteiger partial charge < -0.3 is 10.6 Å². The molecule has 0 saturated carbocycles. The average molecular weight is 270 g/mol. The normalized spacial score (nSPS) is 11.2. The molecule has 1 heterocycles. The van der Waals surface area contributed by atoms with Crippen LogP contribution in [-0.2, 0) is 0 Å². The first kappa shape index (κ1) is 14.3. The van der Waals surface area contributed by atoms with Gasteiger partial charge in [0.1, 0.15) is 5.82 Å². The monoisotopic (exact) mass is 270 g/mol. The van der Waals surface area contributed by atoms with Crippen LogP contribution in [-0.4, -0.2) is 15.5 Å². The summed E-state index contributed by atoms with van der Waals surface area (Å²) in [6, 6.07) is 10.0. The summed E-state index contributed by atoms with van der Waals surface area (Å²) in [6.45, 7) is 8.42. The van der Waals surface area contributed by atoms with Crippen molar-refractivity contribution in [2.45, 2.75) is 39.7 Å². The average Bonchev–Trinajstić information content (AvgIpc) is 2.43. The fraction of sp³-hybridized carbons (Fsp3) is 0.375. The Morgan fingerprint density at radius 2 is 1.85 bits per heavy atom. The molecular formula is C16H22N4. The smallest absolute Gasteiger partial charge is 0.225 e. The van der Waals surface area contributed by atoms with Crippen LogP contribution in [0.25, 0.3) is 0 Å². The number of nitrogens with zero attached hydrogens (tertiary/aromatic N) is 2. The van der Waals surface area contributed by atoms with Crippen molar-refractivity contribution in [3.05, 3.63) is 42.1 Å². The van der Waals surface area contributed by atoms with Gasteiger partial charge in [-0.25, -0.2) is 4.98 Å². The molecule has 0 radical (unpaired) electrons. The van der Waals surface area contributed by atoms with Gasteiger partial charge in [0.25, 0.3) is 0 Å². The highest BCUT2D eigenvalue weighted by Crippen LogP contribution is 2.21. The SMILES string of the molecule is CCC(C)(C)Nc1ncc(C)c(Nc2ccccc2)n1. The largest absolute Gasteiger partial charge is 0.349 e. The second kappa shape index (κ2) is 5.90. The molecule has 0 fully saturated rings. The molecule has 0 aliphatic carbocycles. The van der Waals surface area contributed by atoms with E-state index in [0.29, 0.717) is 5.95 Å². The summed E-state index contributed by atoms with van der Waals surface area (Å²) >= 11 is 0. The van der Waals surface area contributed by atoms with Crippen molar-refractivity contribution < 1.29 is 0 Å². The van der Waals surface area contributed by atoms with Gasteiger partial charge in [-0.2, -0.15) is 4.98 Å². The molecule has 0 saturated heterocycles. The highest BCUT2D eigenvalue weighted by Gasteiger charge is 2.16. The van der Waals surface area contributed by atoms with Crippen LogP contribution in [0.4, 0.5) is 17.5 Å². The Kier molecular flexibility index (Phi) is 4.23. The van der Waals surface area contributed by atoms with Crippen LogP contribution in [0.5, 0.6) is 0 Å². The Morgan fingerprint density at radius 3 is 2.50 bits per heavy atom. The molecule has 2 N–H and O–H groups in total. The van der Waals surface area contributed by atoms with E-state index in [1.807, 2.05) is 43.5 Å². The number of nitrogens with one attached hydrogen (secondary N) is 2. The first-order chi connectivity index (χ1) is 9.50. The Labute approximate surface area is 120 Å². The van der Waals surface area contributed by atoms with Gasteiger partial charge in [-0.3, -0.25) is 0 Å². The summed E-state index contributed by atoms with van der Waals surface area (Å²) in [4.78, 5) is 8.92. The number of aromatic nitrogens is 2. The molecule has 2 aromatic rings. The van der Waals surface area contributed by atoms with Crippen LogP contribution in [0.3, 0.4) is 0 Å². The molecule has 0 amide bonds. The molecule has 2 rings (SSSR count). The highest BCUT2D eigenvalue weighted by molar-refractivity contribution is 5.59. The number of para-hydroxylation sites is 1. The van der Waals surface area contributed by atoms with E-state index in [9.17, 15) is 0 Å². The van der Waals surface area contributed by atoms with Crippen molar-refractivity contribution >= 4 is 17.5 Å². The maximum absolute atomic E-state index is 4.57. The van der Waals surface area contributed by atoms with Gasteiger partial charge in [-0.05, 0) is 39.3 Å². The molecule has 0 spiro atoms. The quantitative estimate of drug-likeness (QED) is 0.857. The topological polar surface area (TPSA) is 49.8 Å². The lowest BCUT2D eigenvalue weighted by atomic mass is 10.0. The Bertz CT molecular complexity index is 564. The molecule has 1 aromatic carbocycles. The van der Waals surface area contributed by atoms with Crippen molar-refractivity contribution in [2.75, 3.05) is 10.6 Å². The minimum atomic E-state index is -0.0146. The molecule has 106 valence electrons. The molecule has 4 heteroatoms. The molecule has 0 aliphatic rings. The van der Waals surface area contributed by atoms with Gasteiger partial charge in [-0.15, -0.1) is 0 Å². The van der Waals surface area contributed by atoms with E-state index in [-0.39, 0.29) is 5.54 Å². The Hall–Kier alpha value is -2.10. The van der Waals surface area contributed by atoms with Crippen LogP contribution in [0.15, 0.2) is 36.5 Å². The number of hydrogen-bond acceptors (Lipinski definition) is 4. The van der Waals surface area contributed by atoms with Crippen LogP contribution in [0.2, 0.25) is 0 Å². The summed E-state index contributed by atoms with van der Waals surface area (Å²) in [5.74, 6) is 1.49. The van der Waals surface area contributed by atoms with Gasteiger partial charge in [0.2, 0.25) is 5.95 Å². The summed E-state index contributed by atoms with van der Waals surface area (Å²) in [6.07, 6.45) is 2.85. The van der Waals surface area contributed by atoms with Gasteiger partial charge in [0.15, 0.2) is 0 Å². The summed E-state index contributed by atoms with van der Waals surface area (Å²) in [5.41, 5.74) is 2.03. The molecule has 4 nitrogen and oxygen atoms in total. The van der Waals surface area contributed by atoms with Crippen molar-refractivity contribution in [2.24, 2.45) is 0 Å². The zero-order chi connectivity index (χ0) is 14.6. The highest BCUT2D eigenvalue weighted by atomic mass is 15.2. The fourth-order valence-electron chi connectivity index (χ4n) is 1.68. The molecule has 1 aromatic heterocycles. The summed E-state index contributed by atoms with van der Waals surface area (Å²) < 4.78 is 0. The number of anilines is 3. The van der Waals surface area contributed by atoms with E-state index >= 15 is 0 Å². The lowest BCUT2D eigenvalue weighted by Gasteiger charge is -2.24. The van der Waals surface area contributed by atoms with Gasteiger partial charge in [0.05, 0.1) is 0 Å². The standard InChI is InChI=1S/C16H22N4/c1-5-16(3,4)20-15-17-11-12(2)14(19-15)18-13-9-7-6-8-10-13/h6-11H,5H2,1-4H3,(H2,17,18,19,20). The van der Waals surface area contributed by atoms with Gasteiger partial charge >= 0.3 is 0 Å². The van der Waals surface area contributed by atoms with Crippen LogP contribution in [0, 0.1) is 6.92 Å². The minimum Gasteiger partial charge on any atom is -0.349 e. The minimum absolute atomic E-state index is 0.0146. The molecule has 0 unspecified atom stereocenters. The van der Waals surface area contributed by atoms with Crippen molar-refractivity contribution in [1.29, 1.82) is 0 Å². The van der Waals surface area contributed by atoms with E-state index in [4.69, 9.17) is 0 Å². The van der Waals surface area contributed by atoms with E-state index in [1.54, 1.807) is 0 Å². The molecule has 0 atom stereocenters. The number of hydrogen-bond donors (Lipinski definition) is 2. The lowest BCUT2D eigenvalue weighted by molar-refractivity contribution is 0.542. The molecule has 20 heavy (non-hydrogen) atoms. The molecular weight excluding hydrogens is 248 g/mol. The van der Waals surface area contributed by atoms with E-state index < -0.39 is 0 Å². The Balaban J connectivity index is 2.21. The Morgan fingerprint density at radius 1 is 1.15 bits per heavy atom.